The number of ether oxygens (including phenoxy) is 2. The quantitative estimate of drug-likeness (QED) is 0.570. The molecule has 1 aromatic carbocycles. The molecule has 10 heteroatoms. The van der Waals surface area contributed by atoms with Crippen LogP contribution in [-0.4, -0.2) is 42.0 Å². The lowest BCUT2D eigenvalue weighted by molar-refractivity contribution is -0.115. The smallest absolute Gasteiger partial charge is 0.257 e. The second-order valence-electron chi connectivity index (χ2n) is 4.18. The Morgan fingerprint density at radius 3 is 2.43 bits per heavy atom. The predicted molar refractivity (Wildman–Crippen MR) is 87.3 cm³/mol. The lowest BCUT2D eigenvalue weighted by atomic mass is 10.2. The molecule has 1 heterocycles. The third-order valence-corrected chi connectivity index (χ3v) is 4.57. The maximum absolute atomic E-state index is 12.3. The highest BCUT2D eigenvalue weighted by Crippen LogP contribution is 2.27. The van der Waals surface area contributed by atoms with Gasteiger partial charge in [-0.15, -0.1) is 10.2 Å². The monoisotopic (exact) mass is 354 g/mol. The average Bonchev–Trinajstić information content (AvgIpc) is 2.99. The van der Waals surface area contributed by atoms with Crippen molar-refractivity contribution in [3.05, 3.63) is 23.8 Å². The molecular weight excluding hydrogens is 340 g/mol. The molecule has 0 atom stereocenters. The van der Waals surface area contributed by atoms with Gasteiger partial charge in [0.05, 0.1) is 20.0 Å². The summed E-state index contributed by atoms with van der Waals surface area (Å²) in [5.41, 5.74) is 5.43. The van der Waals surface area contributed by atoms with Gasteiger partial charge in [-0.3, -0.25) is 14.9 Å². The second-order valence-corrected chi connectivity index (χ2v) is 6.38. The van der Waals surface area contributed by atoms with Crippen LogP contribution in [-0.2, 0) is 4.79 Å². The molecule has 8 nitrogen and oxygen atoms in total. The zero-order chi connectivity index (χ0) is 16.8. The fourth-order valence-electron chi connectivity index (χ4n) is 1.56. The maximum Gasteiger partial charge on any atom is 0.257 e. The number of carbonyl (C=O) groups excluding carboxylic acids is 2. The first kappa shape index (κ1) is 17.0. The minimum Gasteiger partial charge on any atom is -0.497 e. The molecular formula is C13H14N4O4S2. The number of methoxy groups -OCH3 is 2. The number of amides is 2. The van der Waals surface area contributed by atoms with Gasteiger partial charge >= 0.3 is 0 Å². The Morgan fingerprint density at radius 1 is 1.22 bits per heavy atom. The molecule has 0 unspecified atom stereocenters. The van der Waals surface area contributed by atoms with E-state index in [0.717, 1.165) is 23.1 Å². The summed E-state index contributed by atoms with van der Waals surface area (Å²) in [5, 5.41) is 10.7. The predicted octanol–water partition coefficient (Wildman–Crippen LogP) is 1.38. The van der Waals surface area contributed by atoms with Crippen molar-refractivity contribution in [1.82, 2.24) is 10.2 Å². The molecule has 3 N–H and O–H groups in total. The fraction of sp³-hybridized carbons (Fsp3) is 0.231. The first-order valence-corrected chi connectivity index (χ1v) is 8.11. The molecule has 2 aromatic rings. The number of nitrogens with zero attached hydrogens (tertiary/aromatic N) is 2. The molecule has 0 saturated carbocycles. The number of rotatable bonds is 7. The van der Waals surface area contributed by atoms with E-state index in [4.69, 9.17) is 15.2 Å². The minimum absolute atomic E-state index is 0.107. The van der Waals surface area contributed by atoms with Gasteiger partial charge in [-0.05, 0) is 12.1 Å². The third kappa shape index (κ3) is 4.83. The van der Waals surface area contributed by atoms with Gasteiger partial charge in [-0.1, -0.05) is 23.1 Å². The summed E-state index contributed by atoms with van der Waals surface area (Å²) in [6.45, 7) is 0. The number of thioether (sulfide) groups is 1. The van der Waals surface area contributed by atoms with E-state index in [9.17, 15) is 9.59 Å². The van der Waals surface area contributed by atoms with Crippen molar-refractivity contribution in [2.24, 2.45) is 5.73 Å². The molecule has 0 aliphatic rings. The fourth-order valence-corrected chi connectivity index (χ4v) is 3.05. The normalized spacial score (nSPS) is 10.2. The largest absolute Gasteiger partial charge is 0.497 e. The number of hydrogen-bond donors (Lipinski definition) is 2. The lowest BCUT2D eigenvalue weighted by Gasteiger charge is -2.07. The number of aromatic nitrogens is 2. The van der Waals surface area contributed by atoms with Crippen LogP contribution in [0.25, 0.3) is 0 Å². The standard InChI is InChI=1S/C13H14N4O4S2/c1-20-8-3-7(4-9(5-8)21-2)11(19)15-12-16-17-13(23-12)22-6-10(14)18/h3-5H,6H2,1-2H3,(H2,14,18)(H,15,16,19). The zero-order valence-corrected chi connectivity index (χ0v) is 14.0. The Labute approximate surface area is 140 Å². The van der Waals surface area contributed by atoms with E-state index in [1.54, 1.807) is 18.2 Å². The molecule has 2 amide bonds. The molecule has 1 aromatic heterocycles. The van der Waals surface area contributed by atoms with Crippen LogP contribution in [0, 0.1) is 0 Å². The van der Waals surface area contributed by atoms with Crippen LogP contribution in [0.4, 0.5) is 5.13 Å². The van der Waals surface area contributed by atoms with Gasteiger partial charge in [0, 0.05) is 11.6 Å². The highest BCUT2D eigenvalue weighted by Gasteiger charge is 2.13. The highest BCUT2D eigenvalue weighted by atomic mass is 32.2. The minimum atomic E-state index is -0.445. The average molecular weight is 354 g/mol. The molecule has 0 saturated heterocycles. The van der Waals surface area contributed by atoms with Gasteiger partial charge in [0.25, 0.3) is 5.91 Å². The molecule has 0 fully saturated rings. The van der Waals surface area contributed by atoms with E-state index in [1.165, 1.54) is 14.2 Å². The summed E-state index contributed by atoms with van der Waals surface area (Å²) in [6, 6.07) is 4.84. The number of anilines is 1. The Morgan fingerprint density at radius 2 is 1.87 bits per heavy atom. The van der Waals surface area contributed by atoms with Crippen molar-refractivity contribution in [3.8, 4) is 11.5 Å². The Hall–Kier alpha value is -2.33. The van der Waals surface area contributed by atoms with E-state index >= 15 is 0 Å². The molecule has 0 bridgehead atoms. The van der Waals surface area contributed by atoms with Gasteiger partial charge in [0.1, 0.15) is 11.5 Å². The van der Waals surface area contributed by atoms with Crippen LogP contribution in [0.15, 0.2) is 22.5 Å². The molecule has 2 rings (SSSR count). The summed E-state index contributed by atoms with van der Waals surface area (Å²) in [7, 11) is 3.01. The lowest BCUT2D eigenvalue weighted by Crippen LogP contribution is -2.12. The Kier molecular flexibility index (Phi) is 5.77. The summed E-state index contributed by atoms with van der Waals surface area (Å²) >= 11 is 2.32. The van der Waals surface area contributed by atoms with Gasteiger partial charge in [0.15, 0.2) is 4.34 Å². The summed E-state index contributed by atoms with van der Waals surface area (Å²) in [4.78, 5) is 23.0. The number of nitrogens with two attached hydrogens (primary N) is 1. The van der Waals surface area contributed by atoms with Crippen molar-refractivity contribution in [2.75, 3.05) is 25.3 Å². The van der Waals surface area contributed by atoms with Gasteiger partial charge in [0.2, 0.25) is 11.0 Å². The third-order valence-electron chi connectivity index (χ3n) is 2.58. The number of benzene rings is 1. The molecule has 122 valence electrons. The Bertz CT molecular complexity index is 698. The van der Waals surface area contributed by atoms with Crippen LogP contribution in [0.5, 0.6) is 11.5 Å². The van der Waals surface area contributed by atoms with E-state index in [0.29, 0.717) is 26.5 Å². The summed E-state index contributed by atoms with van der Waals surface area (Å²) < 4.78 is 10.8. The van der Waals surface area contributed by atoms with Crippen LogP contribution in [0.2, 0.25) is 0 Å². The van der Waals surface area contributed by atoms with Crippen molar-refractivity contribution >= 4 is 40.0 Å². The van der Waals surface area contributed by atoms with Gasteiger partial charge in [-0.25, -0.2) is 0 Å². The van der Waals surface area contributed by atoms with E-state index < -0.39 is 5.91 Å². The highest BCUT2D eigenvalue weighted by molar-refractivity contribution is 8.01. The van der Waals surface area contributed by atoms with Crippen molar-refractivity contribution in [1.29, 1.82) is 0 Å². The van der Waals surface area contributed by atoms with Crippen LogP contribution in [0.3, 0.4) is 0 Å². The zero-order valence-electron chi connectivity index (χ0n) is 12.4. The molecule has 0 radical (unpaired) electrons. The maximum atomic E-state index is 12.3. The first-order valence-electron chi connectivity index (χ1n) is 6.31. The number of nitrogens with one attached hydrogen (secondary N) is 1. The van der Waals surface area contributed by atoms with Crippen molar-refractivity contribution in [2.45, 2.75) is 4.34 Å². The number of hydrogen-bond acceptors (Lipinski definition) is 8. The second kappa shape index (κ2) is 7.79. The number of primary amides is 1. The van der Waals surface area contributed by atoms with Crippen LogP contribution < -0.4 is 20.5 Å². The summed E-state index contributed by atoms with van der Waals surface area (Å²) in [5.74, 6) is 0.299. The van der Waals surface area contributed by atoms with E-state index in [2.05, 4.69) is 15.5 Å². The molecule has 0 aliphatic carbocycles. The van der Waals surface area contributed by atoms with Crippen molar-refractivity contribution in [3.63, 3.8) is 0 Å². The molecule has 0 spiro atoms. The number of carbonyl (C=O) groups is 2. The first-order chi connectivity index (χ1) is 11.0. The van der Waals surface area contributed by atoms with Crippen LogP contribution in [0.1, 0.15) is 10.4 Å². The SMILES string of the molecule is COc1cc(OC)cc(C(=O)Nc2nnc(SCC(N)=O)s2)c1. The molecule has 23 heavy (non-hydrogen) atoms. The topological polar surface area (TPSA) is 116 Å². The van der Waals surface area contributed by atoms with Crippen molar-refractivity contribution < 1.29 is 19.1 Å². The summed E-state index contributed by atoms with van der Waals surface area (Å²) in [6.07, 6.45) is 0. The van der Waals surface area contributed by atoms with Gasteiger partial charge in [-0.2, -0.15) is 0 Å². The van der Waals surface area contributed by atoms with Gasteiger partial charge < -0.3 is 15.2 Å². The Balaban J connectivity index is 2.08. The van der Waals surface area contributed by atoms with E-state index in [-0.39, 0.29) is 11.7 Å². The van der Waals surface area contributed by atoms with Crippen LogP contribution >= 0.6 is 23.1 Å². The molecule has 0 aliphatic heterocycles. The van der Waals surface area contributed by atoms with E-state index in [1.807, 2.05) is 0 Å².